The van der Waals surface area contributed by atoms with Crippen LogP contribution in [0.15, 0.2) is 91.0 Å². The maximum absolute atomic E-state index is 13.3. The summed E-state index contributed by atoms with van der Waals surface area (Å²) in [7, 11) is -0.494. The highest BCUT2D eigenvalue weighted by Gasteiger charge is 2.36. The highest BCUT2D eigenvalue weighted by Crippen LogP contribution is 2.52. The maximum Gasteiger partial charge on any atom is 0.347 e. The van der Waals surface area contributed by atoms with Crippen molar-refractivity contribution in [3.63, 3.8) is 0 Å². The fraction of sp³-hybridized carbons (Fsp3) is 0.217. The Balaban J connectivity index is 1.98. The van der Waals surface area contributed by atoms with Gasteiger partial charge in [-0.25, -0.2) is 0 Å². The lowest BCUT2D eigenvalue weighted by atomic mass is 9.98. The molecule has 0 amide bonds. The smallest absolute Gasteiger partial charge is 0.311 e. The number of benzene rings is 3. The van der Waals surface area contributed by atoms with Gasteiger partial charge in [0.25, 0.3) is 0 Å². The van der Waals surface area contributed by atoms with E-state index in [1.165, 1.54) is 14.2 Å². The van der Waals surface area contributed by atoms with E-state index in [1.54, 1.807) is 0 Å². The third kappa shape index (κ3) is 4.98. The van der Waals surface area contributed by atoms with Gasteiger partial charge in [-0.05, 0) is 23.1 Å². The molecule has 1 N–H and O–H groups in total. The summed E-state index contributed by atoms with van der Waals surface area (Å²) in [4.78, 5) is 0. The highest BCUT2D eigenvalue weighted by atomic mass is 31.2. The first-order valence-corrected chi connectivity index (χ1v) is 10.9. The molecule has 0 saturated heterocycles. The molecular weight excluding hydrogens is 369 g/mol. The molecule has 28 heavy (non-hydrogen) atoms. The van der Waals surface area contributed by atoms with Gasteiger partial charge in [0, 0.05) is 14.2 Å². The fourth-order valence-electron chi connectivity index (χ4n) is 3.30. The molecule has 0 radical (unpaired) electrons. The van der Waals surface area contributed by atoms with Crippen LogP contribution >= 0.6 is 7.60 Å². The van der Waals surface area contributed by atoms with Crippen molar-refractivity contribution < 1.29 is 13.6 Å². The van der Waals surface area contributed by atoms with Gasteiger partial charge < -0.3 is 9.05 Å². The molecule has 0 aromatic heterocycles. The molecule has 0 heterocycles. The third-order valence-corrected chi connectivity index (χ3v) is 6.90. The number of hydrogen-bond acceptors (Lipinski definition) is 4. The molecule has 1 unspecified atom stereocenters. The van der Waals surface area contributed by atoms with Crippen LogP contribution in [-0.4, -0.2) is 20.0 Å². The van der Waals surface area contributed by atoms with Crippen LogP contribution in [0.1, 0.15) is 22.7 Å². The Hall–Kier alpha value is -2.23. The van der Waals surface area contributed by atoms with E-state index < -0.39 is 13.4 Å². The first kappa shape index (κ1) is 20.5. The molecule has 0 aliphatic heterocycles. The van der Waals surface area contributed by atoms with E-state index in [0.717, 1.165) is 16.7 Å². The third-order valence-electron chi connectivity index (χ3n) is 4.79. The van der Waals surface area contributed by atoms with Crippen LogP contribution in [0.3, 0.4) is 0 Å². The zero-order valence-electron chi connectivity index (χ0n) is 16.2. The number of hydrogen-bond donors (Lipinski definition) is 1. The van der Waals surface area contributed by atoms with Gasteiger partial charge in [0.1, 0.15) is 5.78 Å². The Morgan fingerprint density at radius 2 is 1.18 bits per heavy atom. The van der Waals surface area contributed by atoms with Gasteiger partial charge in [0.2, 0.25) is 0 Å². The summed E-state index contributed by atoms with van der Waals surface area (Å²) in [6.45, 7) is 0. The van der Waals surface area contributed by atoms with E-state index in [0.29, 0.717) is 6.42 Å². The van der Waals surface area contributed by atoms with Crippen molar-refractivity contribution in [2.45, 2.75) is 18.2 Å². The molecular formula is C23H26NO3P. The summed E-state index contributed by atoms with van der Waals surface area (Å²) >= 11 is 0. The molecule has 4 nitrogen and oxygen atoms in total. The lowest BCUT2D eigenvalue weighted by Crippen LogP contribution is -2.36. The SMILES string of the molecule is COP(=O)(OC)C(Cc1ccccc1)NC(c1ccccc1)c1ccccc1. The molecule has 146 valence electrons. The van der Waals surface area contributed by atoms with Gasteiger partial charge in [0.15, 0.2) is 0 Å². The first-order valence-electron chi connectivity index (χ1n) is 9.27. The molecule has 0 aliphatic carbocycles. The predicted molar refractivity (Wildman–Crippen MR) is 113 cm³/mol. The largest absolute Gasteiger partial charge is 0.347 e. The number of nitrogens with one attached hydrogen (secondary N) is 1. The van der Waals surface area contributed by atoms with E-state index in [4.69, 9.17) is 9.05 Å². The minimum Gasteiger partial charge on any atom is -0.311 e. The molecule has 1 atom stereocenters. The Labute approximate surface area is 167 Å². The Morgan fingerprint density at radius 1 is 0.750 bits per heavy atom. The lowest BCUT2D eigenvalue weighted by molar-refractivity contribution is 0.256. The van der Waals surface area contributed by atoms with E-state index in [1.807, 2.05) is 66.7 Å². The molecule has 0 fully saturated rings. The van der Waals surface area contributed by atoms with E-state index >= 15 is 0 Å². The zero-order valence-corrected chi connectivity index (χ0v) is 17.1. The first-order chi connectivity index (χ1) is 13.7. The monoisotopic (exact) mass is 395 g/mol. The summed E-state index contributed by atoms with van der Waals surface area (Å²) in [6, 6.07) is 30.1. The van der Waals surface area contributed by atoms with Crippen molar-refractivity contribution in [1.29, 1.82) is 0 Å². The summed E-state index contributed by atoms with van der Waals surface area (Å²) in [5.41, 5.74) is 3.24. The van der Waals surface area contributed by atoms with Gasteiger partial charge in [0.05, 0.1) is 6.04 Å². The van der Waals surface area contributed by atoms with E-state index in [2.05, 4.69) is 29.6 Å². The molecule has 3 aromatic carbocycles. The van der Waals surface area contributed by atoms with Crippen molar-refractivity contribution in [1.82, 2.24) is 5.32 Å². The molecule has 5 heteroatoms. The molecule has 0 aliphatic rings. The van der Waals surface area contributed by atoms with Gasteiger partial charge in [-0.15, -0.1) is 0 Å². The Bertz CT molecular complexity index is 840. The molecule has 0 bridgehead atoms. The van der Waals surface area contributed by atoms with Crippen LogP contribution in [-0.2, 0) is 20.0 Å². The maximum atomic E-state index is 13.3. The standard InChI is InChI=1S/C23H26NO3P/c1-26-28(25,27-2)22(18-19-12-6-3-7-13-19)24-23(20-14-8-4-9-15-20)21-16-10-5-11-17-21/h3-17,22-24H,18H2,1-2H3. The fourth-order valence-corrected chi connectivity index (χ4v) is 4.72. The van der Waals surface area contributed by atoms with Crippen LogP contribution in [0.25, 0.3) is 0 Å². The van der Waals surface area contributed by atoms with Gasteiger partial charge in [-0.1, -0.05) is 91.0 Å². The van der Waals surface area contributed by atoms with Crippen LogP contribution < -0.4 is 5.32 Å². The highest BCUT2D eigenvalue weighted by molar-refractivity contribution is 7.54. The van der Waals surface area contributed by atoms with E-state index in [9.17, 15) is 4.57 Å². The minimum absolute atomic E-state index is 0.144. The summed E-state index contributed by atoms with van der Waals surface area (Å²) in [5.74, 6) is -0.504. The normalized spacial score (nSPS) is 12.8. The Morgan fingerprint density at radius 3 is 1.61 bits per heavy atom. The van der Waals surface area contributed by atoms with Gasteiger partial charge in [-0.2, -0.15) is 0 Å². The average Bonchev–Trinajstić information content (AvgIpc) is 2.78. The second-order valence-corrected chi connectivity index (χ2v) is 8.96. The second kappa shape index (κ2) is 9.81. The van der Waals surface area contributed by atoms with Crippen LogP contribution in [0.5, 0.6) is 0 Å². The average molecular weight is 395 g/mol. The topological polar surface area (TPSA) is 47.6 Å². The van der Waals surface area contributed by atoms with Crippen molar-refractivity contribution in [3.05, 3.63) is 108 Å². The molecule has 0 saturated carbocycles. The molecule has 3 aromatic rings. The summed E-state index contributed by atoms with van der Waals surface area (Å²) in [5, 5.41) is 3.56. The van der Waals surface area contributed by atoms with Crippen molar-refractivity contribution >= 4 is 7.60 Å². The second-order valence-electron chi connectivity index (χ2n) is 6.53. The molecule has 0 spiro atoms. The van der Waals surface area contributed by atoms with E-state index in [-0.39, 0.29) is 6.04 Å². The Kier molecular flexibility index (Phi) is 7.18. The summed E-state index contributed by atoms with van der Waals surface area (Å²) in [6.07, 6.45) is 0.524. The predicted octanol–water partition coefficient (Wildman–Crippen LogP) is 5.42. The van der Waals surface area contributed by atoms with Gasteiger partial charge >= 0.3 is 7.60 Å². The number of rotatable bonds is 9. The quantitative estimate of drug-likeness (QED) is 0.492. The van der Waals surface area contributed by atoms with Crippen LogP contribution in [0, 0.1) is 0 Å². The summed E-state index contributed by atoms with van der Waals surface area (Å²) < 4.78 is 24.1. The minimum atomic E-state index is -3.36. The van der Waals surface area contributed by atoms with Gasteiger partial charge in [-0.3, -0.25) is 9.88 Å². The van der Waals surface area contributed by atoms with Crippen molar-refractivity contribution in [2.75, 3.05) is 14.2 Å². The van der Waals surface area contributed by atoms with Crippen molar-refractivity contribution in [2.24, 2.45) is 0 Å². The van der Waals surface area contributed by atoms with Crippen LogP contribution in [0.4, 0.5) is 0 Å². The van der Waals surface area contributed by atoms with Crippen molar-refractivity contribution in [3.8, 4) is 0 Å². The molecule has 3 rings (SSSR count). The zero-order chi connectivity index (χ0) is 19.8. The lowest BCUT2D eigenvalue weighted by Gasteiger charge is -2.30. The van der Waals surface area contributed by atoms with Crippen LogP contribution in [0.2, 0.25) is 0 Å².